The minimum absolute atomic E-state index is 0.0558. The van der Waals surface area contributed by atoms with Crippen LogP contribution in [0.2, 0.25) is 0 Å². The highest BCUT2D eigenvalue weighted by atomic mass is 16.4. The summed E-state index contributed by atoms with van der Waals surface area (Å²) in [7, 11) is 0. The minimum Gasteiger partial charge on any atom is -0.478 e. The lowest BCUT2D eigenvalue weighted by Gasteiger charge is -2.07. The molecule has 1 aliphatic rings. The third-order valence-electron chi connectivity index (χ3n) is 5.20. The maximum Gasteiger partial charge on any atom is 0.335 e. The molecule has 1 fully saturated rings. The van der Waals surface area contributed by atoms with Gasteiger partial charge in [-0.15, -0.1) is 0 Å². The molecule has 0 radical (unpaired) electrons. The van der Waals surface area contributed by atoms with Crippen molar-refractivity contribution in [2.24, 2.45) is 16.7 Å². The Balaban J connectivity index is 1.83. The van der Waals surface area contributed by atoms with E-state index < -0.39 is 5.97 Å². The van der Waals surface area contributed by atoms with Crippen LogP contribution in [0.1, 0.15) is 43.6 Å². The molecule has 1 aromatic rings. The van der Waals surface area contributed by atoms with Crippen molar-refractivity contribution in [3.63, 3.8) is 0 Å². The van der Waals surface area contributed by atoms with Crippen LogP contribution in [0.15, 0.2) is 24.3 Å². The van der Waals surface area contributed by atoms with Gasteiger partial charge < -0.3 is 10.4 Å². The molecule has 2 N–H and O–H groups in total. The maximum atomic E-state index is 12.2. The molecule has 1 amide bonds. The topological polar surface area (TPSA) is 66.4 Å². The molecule has 4 heteroatoms. The Bertz CT molecular complexity index is 544. The number of benzene rings is 1. The highest BCUT2D eigenvalue weighted by molar-refractivity contribution is 5.87. The van der Waals surface area contributed by atoms with Gasteiger partial charge in [-0.3, -0.25) is 4.79 Å². The number of carbonyl (C=O) groups is 2. The summed E-state index contributed by atoms with van der Waals surface area (Å²) in [4.78, 5) is 22.9. The normalized spacial score (nSPS) is 19.0. The van der Waals surface area contributed by atoms with Gasteiger partial charge in [0.2, 0.25) is 5.91 Å². The van der Waals surface area contributed by atoms with E-state index in [1.807, 2.05) is 0 Å². The Hall–Kier alpha value is -1.84. The fourth-order valence-electron chi connectivity index (χ4n) is 3.10. The zero-order chi connectivity index (χ0) is 15.8. The van der Waals surface area contributed by atoms with E-state index in [1.165, 1.54) is 0 Å². The second kappa shape index (κ2) is 5.17. The van der Waals surface area contributed by atoms with Crippen LogP contribution < -0.4 is 5.32 Å². The molecule has 0 aliphatic heterocycles. The SMILES string of the molecule is CC1(C)C(C(=O)NCCc2ccc(C(=O)O)cc2)C1(C)C. The van der Waals surface area contributed by atoms with Gasteiger partial charge in [-0.05, 0) is 34.9 Å². The summed E-state index contributed by atoms with van der Waals surface area (Å²) < 4.78 is 0. The van der Waals surface area contributed by atoms with Gasteiger partial charge >= 0.3 is 5.97 Å². The summed E-state index contributed by atoms with van der Waals surface area (Å²) in [6, 6.07) is 6.76. The first kappa shape index (κ1) is 15.5. The first-order valence-corrected chi connectivity index (χ1v) is 7.28. The van der Waals surface area contributed by atoms with Gasteiger partial charge in [0.25, 0.3) is 0 Å². The van der Waals surface area contributed by atoms with E-state index >= 15 is 0 Å². The summed E-state index contributed by atoms with van der Waals surface area (Å²) in [5, 5.41) is 11.8. The number of carbonyl (C=O) groups excluding carboxylic acids is 1. The molecule has 0 unspecified atom stereocenters. The monoisotopic (exact) mass is 289 g/mol. The van der Waals surface area contributed by atoms with E-state index in [9.17, 15) is 9.59 Å². The van der Waals surface area contributed by atoms with Gasteiger partial charge in [-0.1, -0.05) is 39.8 Å². The molecule has 0 bridgehead atoms. The zero-order valence-electron chi connectivity index (χ0n) is 13.1. The van der Waals surface area contributed by atoms with Crippen molar-refractivity contribution in [1.82, 2.24) is 5.32 Å². The number of aromatic carboxylic acids is 1. The van der Waals surface area contributed by atoms with Crippen LogP contribution in [-0.2, 0) is 11.2 Å². The lowest BCUT2D eigenvalue weighted by molar-refractivity contribution is -0.123. The van der Waals surface area contributed by atoms with Crippen molar-refractivity contribution in [2.45, 2.75) is 34.1 Å². The zero-order valence-corrected chi connectivity index (χ0v) is 13.1. The number of amides is 1. The van der Waals surface area contributed by atoms with Crippen LogP contribution in [0.4, 0.5) is 0 Å². The van der Waals surface area contributed by atoms with Crippen LogP contribution in [-0.4, -0.2) is 23.5 Å². The second-order valence-corrected chi connectivity index (χ2v) is 6.92. The molecular formula is C17H23NO3. The molecule has 1 saturated carbocycles. The number of hydrogen-bond acceptors (Lipinski definition) is 2. The Morgan fingerprint density at radius 2 is 1.62 bits per heavy atom. The third kappa shape index (κ3) is 2.80. The van der Waals surface area contributed by atoms with Gasteiger partial charge in [-0.25, -0.2) is 4.79 Å². The molecule has 0 saturated heterocycles. The third-order valence-corrected chi connectivity index (χ3v) is 5.20. The van der Waals surface area contributed by atoms with Crippen LogP contribution in [0.25, 0.3) is 0 Å². The van der Waals surface area contributed by atoms with Gasteiger partial charge in [0.05, 0.1) is 5.56 Å². The molecule has 0 spiro atoms. The predicted octanol–water partition coefficient (Wildman–Crippen LogP) is 2.73. The molecule has 21 heavy (non-hydrogen) atoms. The largest absolute Gasteiger partial charge is 0.478 e. The molecule has 0 heterocycles. The minimum atomic E-state index is -0.923. The molecular weight excluding hydrogens is 266 g/mol. The molecule has 1 aliphatic carbocycles. The number of carboxylic acids is 1. The quantitative estimate of drug-likeness (QED) is 0.876. The van der Waals surface area contributed by atoms with Crippen molar-refractivity contribution in [3.8, 4) is 0 Å². The molecule has 1 aromatic carbocycles. The lowest BCUT2D eigenvalue weighted by Crippen LogP contribution is -2.29. The van der Waals surface area contributed by atoms with Crippen molar-refractivity contribution < 1.29 is 14.7 Å². The Kier molecular flexibility index (Phi) is 3.83. The number of carboxylic acid groups (broad SMARTS) is 1. The van der Waals surface area contributed by atoms with E-state index in [1.54, 1.807) is 24.3 Å². The fourth-order valence-corrected chi connectivity index (χ4v) is 3.10. The summed E-state index contributed by atoms with van der Waals surface area (Å²) in [6.07, 6.45) is 0.708. The van der Waals surface area contributed by atoms with E-state index in [2.05, 4.69) is 33.0 Å². The average molecular weight is 289 g/mol. The first-order valence-electron chi connectivity index (χ1n) is 7.28. The van der Waals surface area contributed by atoms with Crippen LogP contribution in [0.5, 0.6) is 0 Å². The van der Waals surface area contributed by atoms with Crippen LogP contribution in [0.3, 0.4) is 0 Å². The Morgan fingerprint density at radius 3 is 2.05 bits per heavy atom. The van der Waals surface area contributed by atoms with Gasteiger partial charge in [-0.2, -0.15) is 0 Å². The summed E-state index contributed by atoms with van der Waals surface area (Å²) in [6.45, 7) is 9.08. The lowest BCUT2D eigenvalue weighted by atomic mass is 10.0. The van der Waals surface area contributed by atoms with Crippen molar-refractivity contribution in [2.75, 3.05) is 6.54 Å². The standard InChI is InChI=1S/C17H23NO3/c1-16(2)13(17(16,3)4)14(19)18-10-9-11-5-7-12(8-6-11)15(20)21/h5-8,13H,9-10H2,1-4H3,(H,18,19)(H,20,21). The molecule has 114 valence electrons. The van der Waals surface area contributed by atoms with Gasteiger partial charge in [0.1, 0.15) is 0 Å². The Morgan fingerprint density at radius 1 is 1.10 bits per heavy atom. The van der Waals surface area contributed by atoms with E-state index in [0.29, 0.717) is 13.0 Å². The van der Waals surface area contributed by atoms with Gasteiger partial charge in [0, 0.05) is 12.5 Å². The summed E-state index contributed by atoms with van der Waals surface area (Å²) in [5.41, 5.74) is 1.42. The number of nitrogens with one attached hydrogen (secondary N) is 1. The smallest absolute Gasteiger partial charge is 0.335 e. The highest BCUT2D eigenvalue weighted by Gasteiger charge is 2.68. The first-order chi connectivity index (χ1) is 9.68. The Labute approximate surface area is 125 Å². The number of hydrogen-bond donors (Lipinski definition) is 2. The average Bonchev–Trinajstić information content (AvgIpc) is 2.80. The van der Waals surface area contributed by atoms with Gasteiger partial charge in [0.15, 0.2) is 0 Å². The molecule has 0 atom stereocenters. The fraction of sp³-hybridized carbons (Fsp3) is 0.529. The van der Waals surface area contributed by atoms with E-state index in [0.717, 1.165) is 5.56 Å². The highest BCUT2D eigenvalue weighted by Crippen LogP contribution is 2.68. The van der Waals surface area contributed by atoms with Crippen molar-refractivity contribution >= 4 is 11.9 Å². The van der Waals surface area contributed by atoms with Crippen molar-refractivity contribution in [3.05, 3.63) is 35.4 Å². The number of rotatable bonds is 5. The van der Waals surface area contributed by atoms with Crippen LogP contribution >= 0.6 is 0 Å². The van der Waals surface area contributed by atoms with E-state index in [4.69, 9.17) is 5.11 Å². The summed E-state index contributed by atoms with van der Waals surface area (Å²) in [5.74, 6) is -0.736. The molecule has 4 nitrogen and oxygen atoms in total. The summed E-state index contributed by atoms with van der Waals surface area (Å²) >= 11 is 0. The van der Waals surface area contributed by atoms with Crippen molar-refractivity contribution in [1.29, 1.82) is 0 Å². The maximum absolute atomic E-state index is 12.2. The molecule has 0 aromatic heterocycles. The molecule has 2 rings (SSSR count). The second-order valence-electron chi connectivity index (χ2n) is 6.92. The predicted molar refractivity (Wildman–Crippen MR) is 81.2 cm³/mol. The van der Waals surface area contributed by atoms with E-state index in [-0.39, 0.29) is 28.2 Å². The van der Waals surface area contributed by atoms with Crippen LogP contribution in [0, 0.1) is 16.7 Å².